The number of hydrogen-bond acceptors (Lipinski definition) is 6. The molecular formula is C26H27ClF5N9O3. The van der Waals surface area contributed by atoms with Crippen LogP contribution in [-0.2, 0) is 19.0 Å². The van der Waals surface area contributed by atoms with Crippen LogP contribution in [0.1, 0.15) is 43.6 Å². The zero-order valence-corrected chi connectivity index (χ0v) is 23.7. The third kappa shape index (κ3) is 7.10. The van der Waals surface area contributed by atoms with Crippen LogP contribution < -0.4 is 16.0 Å². The minimum atomic E-state index is -4.88. The number of benzene rings is 1. The summed E-state index contributed by atoms with van der Waals surface area (Å²) in [5, 5.41) is 13.8. The number of aromatic nitrogens is 4. The van der Waals surface area contributed by atoms with E-state index in [2.05, 4.69) is 31.0 Å². The Morgan fingerprint density at radius 1 is 1.09 bits per heavy atom. The standard InChI is InChI=1S/C26H27ClF5N9O3/c27-18-8-13(1-2-16(18)24(43)40-3-5-41(6-4-40)25(44)37-15-10-33-11-15)36-23(42)22-34-12-14(35-22)7-17-19(9-20(28)29)38-39-21(17)26(30,31)32/h1-2,8,12,15,20,33H,3-7,9-11H2,(H,34,35)(H,36,42)(H,37,44)(H,38,39). The molecule has 0 saturated carbocycles. The van der Waals surface area contributed by atoms with Gasteiger partial charge in [0.2, 0.25) is 6.43 Å². The minimum absolute atomic E-state index is 0.0640. The van der Waals surface area contributed by atoms with Gasteiger partial charge < -0.3 is 30.7 Å². The van der Waals surface area contributed by atoms with Gasteiger partial charge in [-0.2, -0.15) is 18.3 Å². The maximum absolute atomic E-state index is 13.4. The molecule has 5 N–H and O–H groups in total. The Kier molecular flexibility index (Phi) is 9.05. The highest BCUT2D eigenvalue weighted by Crippen LogP contribution is 2.33. The molecule has 2 aliphatic rings. The molecule has 0 spiro atoms. The highest BCUT2D eigenvalue weighted by molar-refractivity contribution is 6.34. The van der Waals surface area contributed by atoms with Gasteiger partial charge >= 0.3 is 12.2 Å². The Morgan fingerprint density at radius 2 is 1.80 bits per heavy atom. The molecule has 3 aromatic rings. The Bertz CT molecular complexity index is 1530. The largest absolute Gasteiger partial charge is 0.435 e. The predicted octanol–water partition coefficient (Wildman–Crippen LogP) is 2.89. The number of hydrogen-bond donors (Lipinski definition) is 5. The lowest BCUT2D eigenvalue weighted by Crippen LogP contribution is -2.61. The van der Waals surface area contributed by atoms with Gasteiger partial charge in [0.05, 0.1) is 23.0 Å². The van der Waals surface area contributed by atoms with Crippen molar-refractivity contribution >= 4 is 35.1 Å². The molecule has 236 valence electrons. The summed E-state index contributed by atoms with van der Waals surface area (Å²) < 4.78 is 65.9. The van der Waals surface area contributed by atoms with Crippen molar-refractivity contribution in [1.29, 1.82) is 0 Å². The van der Waals surface area contributed by atoms with E-state index in [1.165, 1.54) is 18.2 Å². The van der Waals surface area contributed by atoms with Crippen LogP contribution in [0.15, 0.2) is 24.4 Å². The van der Waals surface area contributed by atoms with Crippen LogP contribution in [0, 0.1) is 0 Å². The monoisotopic (exact) mass is 643 g/mol. The Hall–Kier alpha value is -4.25. The van der Waals surface area contributed by atoms with E-state index in [-0.39, 0.29) is 51.5 Å². The number of imidazole rings is 1. The third-order valence-corrected chi connectivity index (χ3v) is 7.52. The summed E-state index contributed by atoms with van der Waals surface area (Å²) in [7, 11) is 0. The Morgan fingerprint density at radius 3 is 2.41 bits per heavy atom. The second-order valence-electron chi connectivity index (χ2n) is 10.3. The van der Waals surface area contributed by atoms with Gasteiger partial charge in [0.15, 0.2) is 11.5 Å². The first kappa shape index (κ1) is 31.2. The van der Waals surface area contributed by atoms with Gasteiger partial charge in [0, 0.05) is 74.5 Å². The van der Waals surface area contributed by atoms with Gasteiger partial charge in [0.1, 0.15) is 0 Å². The maximum atomic E-state index is 13.4. The number of carbonyl (C=O) groups is 3. The summed E-state index contributed by atoms with van der Waals surface area (Å²) in [6, 6.07) is 4.20. The van der Waals surface area contributed by atoms with Crippen molar-refractivity contribution < 1.29 is 36.3 Å². The number of H-pyrrole nitrogens is 2. The summed E-state index contributed by atoms with van der Waals surface area (Å²) in [6.07, 6.45) is -8.09. The smallest absolute Gasteiger partial charge is 0.337 e. The summed E-state index contributed by atoms with van der Waals surface area (Å²) in [5.74, 6) is -1.34. The second kappa shape index (κ2) is 12.8. The van der Waals surface area contributed by atoms with Gasteiger partial charge in [0.25, 0.3) is 11.8 Å². The molecule has 0 radical (unpaired) electrons. The van der Waals surface area contributed by atoms with Crippen LogP contribution >= 0.6 is 11.6 Å². The number of amides is 4. The van der Waals surface area contributed by atoms with Crippen LogP contribution in [0.5, 0.6) is 0 Å². The van der Waals surface area contributed by atoms with Crippen molar-refractivity contribution in [2.24, 2.45) is 0 Å². The lowest BCUT2D eigenvalue weighted by atomic mass is 10.1. The van der Waals surface area contributed by atoms with Crippen molar-refractivity contribution in [2.45, 2.75) is 31.5 Å². The topological polar surface area (TPSA) is 151 Å². The van der Waals surface area contributed by atoms with Crippen LogP contribution in [0.2, 0.25) is 5.02 Å². The fraction of sp³-hybridized carbons (Fsp3) is 0.423. The fourth-order valence-electron chi connectivity index (χ4n) is 4.80. The molecule has 4 heterocycles. The minimum Gasteiger partial charge on any atom is -0.337 e. The molecule has 4 amide bonds. The number of aromatic amines is 2. The van der Waals surface area contributed by atoms with Crippen LogP contribution in [0.3, 0.4) is 0 Å². The van der Waals surface area contributed by atoms with Crippen LogP contribution in [-0.4, -0.2) is 99.5 Å². The highest BCUT2D eigenvalue weighted by atomic mass is 35.5. The Labute approximate surface area is 251 Å². The second-order valence-corrected chi connectivity index (χ2v) is 10.7. The number of urea groups is 1. The molecule has 0 aliphatic carbocycles. The SMILES string of the molecule is O=C(Nc1ccc(C(=O)N2CCN(C(=O)NC3CNC3)CC2)c(Cl)c1)c1ncc(Cc2c(C(F)(F)F)n[nH]c2CC(F)F)[nH]1. The number of alkyl halides is 5. The summed E-state index contributed by atoms with van der Waals surface area (Å²) >= 11 is 6.36. The molecule has 0 bridgehead atoms. The average Bonchev–Trinajstić information content (AvgIpc) is 3.58. The molecule has 0 atom stereocenters. The summed E-state index contributed by atoms with van der Waals surface area (Å²) in [4.78, 5) is 47.9. The van der Waals surface area contributed by atoms with Gasteiger partial charge in [-0.3, -0.25) is 14.7 Å². The molecule has 2 fully saturated rings. The molecule has 0 unspecified atom stereocenters. The van der Waals surface area contributed by atoms with E-state index in [4.69, 9.17) is 11.6 Å². The summed E-state index contributed by atoms with van der Waals surface area (Å²) in [5.41, 5.74) is -1.69. The van der Waals surface area contributed by atoms with Crippen molar-refractivity contribution in [3.05, 3.63) is 63.5 Å². The maximum Gasteiger partial charge on any atom is 0.435 e. The van der Waals surface area contributed by atoms with Gasteiger partial charge in [-0.15, -0.1) is 0 Å². The van der Waals surface area contributed by atoms with E-state index >= 15 is 0 Å². The van der Waals surface area contributed by atoms with E-state index in [0.717, 1.165) is 19.3 Å². The zero-order chi connectivity index (χ0) is 31.6. The van der Waals surface area contributed by atoms with Gasteiger partial charge in [-0.25, -0.2) is 18.6 Å². The van der Waals surface area contributed by atoms with Gasteiger partial charge in [-0.05, 0) is 18.2 Å². The molecule has 18 heteroatoms. The summed E-state index contributed by atoms with van der Waals surface area (Å²) in [6.45, 7) is 2.81. The molecule has 12 nitrogen and oxygen atoms in total. The van der Waals surface area contributed by atoms with Crippen molar-refractivity contribution in [1.82, 2.24) is 40.6 Å². The molecule has 5 rings (SSSR count). The first-order valence-corrected chi connectivity index (χ1v) is 13.9. The quantitative estimate of drug-likeness (QED) is 0.238. The van der Waals surface area contributed by atoms with Crippen LogP contribution in [0.25, 0.3) is 0 Å². The lowest BCUT2D eigenvalue weighted by molar-refractivity contribution is -0.141. The first-order valence-electron chi connectivity index (χ1n) is 13.5. The number of halogens is 6. The van der Waals surface area contributed by atoms with E-state index in [1.807, 2.05) is 5.10 Å². The number of nitrogens with one attached hydrogen (secondary N) is 5. The number of carbonyl (C=O) groups excluding carboxylic acids is 3. The lowest BCUT2D eigenvalue weighted by Gasteiger charge is -2.37. The van der Waals surface area contributed by atoms with E-state index in [9.17, 15) is 36.3 Å². The first-order chi connectivity index (χ1) is 20.9. The van der Waals surface area contributed by atoms with Crippen molar-refractivity contribution in [3.63, 3.8) is 0 Å². The molecular weight excluding hydrogens is 617 g/mol. The normalized spacial score (nSPS) is 15.8. The third-order valence-electron chi connectivity index (χ3n) is 7.21. The Balaban J connectivity index is 1.19. The van der Waals surface area contributed by atoms with E-state index in [0.29, 0.717) is 26.2 Å². The molecule has 2 aromatic heterocycles. The van der Waals surface area contributed by atoms with E-state index in [1.54, 1.807) is 9.80 Å². The number of anilines is 1. The van der Waals surface area contributed by atoms with E-state index < -0.39 is 42.6 Å². The molecule has 2 saturated heterocycles. The fourth-order valence-corrected chi connectivity index (χ4v) is 5.06. The number of rotatable bonds is 8. The van der Waals surface area contributed by atoms with Gasteiger partial charge in [-0.1, -0.05) is 11.6 Å². The number of piperazine rings is 1. The van der Waals surface area contributed by atoms with Crippen molar-refractivity contribution in [3.8, 4) is 0 Å². The molecule has 2 aliphatic heterocycles. The molecule has 44 heavy (non-hydrogen) atoms. The predicted molar refractivity (Wildman–Crippen MR) is 147 cm³/mol. The number of nitrogens with zero attached hydrogens (tertiary/aromatic N) is 4. The highest BCUT2D eigenvalue weighted by Gasteiger charge is 2.38. The van der Waals surface area contributed by atoms with Crippen molar-refractivity contribution in [2.75, 3.05) is 44.6 Å². The van der Waals surface area contributed by atoms with Crippen LogP contribution in [0.4, 0.5) is 32.4 Å². The zero-order valence-electron chi connectivity index (χ0n) is 22.9. The average molecular weight is 644 g/mol. The molecule has 1 aromatic carbocycles.